The second kappa shape index (κ2) is 4.22. The van der Waals surface area contributed by atoms with Crippen LogP contribution in [-0.2, 0) is 23.1 Å². The fraction of sp³-hybridized carbons (Fsp3) is 0.857. The van der Waals surface area contributed by atoms with Crippen LogP contribution in [0.4, 0.5) is 0 Å². The number of esters is 1. The maximum absolute atomic E-state index is 11.8. The van der Waals surface area contributed by atoms with E-state index in [1.807, 2.05) is 0 Å². The Hall–Kier alpha value is -0.380. The third-order valence-corrected chi connectivity index (χ3v) is 4.29. The Labute approximate surface area is 76.9 Å². The van der Waals surface area contributed by atoms with Crippen LogP contribution in [0, 0.1) is 0 Å². The van der Waals surface area contributed by atoms with Gasteiger partial charge in [0.05, 0.1) is 13.7 Å². The molecule has 0 aliphatic carbocycles. The lowest BCUT2D eigenvalue weighted by molar-refractivity contribution is -0.141. The van der Waals surface area contributed by atoms with Crippen LogP contribution in [-0.4, -0.2) is 32.5 Å². The van der Waals surface area contributed by atoms with Gasteiger partial charge >= 0.3 is 13.6 Å². The summed E-state index contributed by atoms with van der Waals surface area (Å²) in [6, 6.07) is 0. The molecule has 0 amide bonds. The highest BCUT2D eigenvalue weighted by Gasteiger charge is 2.43. The van der Waals surface area contributed by atoms with Crippen molar-refractivity contribution in [2.24, 2.45) is 0 Å². The van der Waals surface area contributed by atoms with Crippen LogP contribution in [0.25, 0.3) is 0 Å². The standard InChI is InChI=1S/C7H13O5P/c1-10-7(8)6-4-3-5-12-13(6,9)11-2/h6H,3-5H2,1-2H3. The average molecular weight is 208 g/mol. The Morgan fingerprint density at radius 2 is 2.23 bits per heavy atom. The van der Waals surface area contributed by atoms with Crippen molar-refractivity contribution in [3.8, 4) is 0 Å². The lowest BCUT2D eigenvalue weighted by Gasteiger charge is -2.27. The molecule has 1 saturated heterocycles. The van der Waals surface area contributed by atoms with Gasteiger partial charge in [0.25, 0.3) is 0 Å². The van der Waals surface area contributed by atoms with Crippen LogP contribution in [0.1, 0.15) is 12.8 Å². The predicted octanol–water partition coefficient (Wildman–Crippen LogP) is 1.18. The van der Waals surface area contributed by atoms with Gasteiger partial charge < -0.3 is 13.8 Å². The SMILES string of the molecule is COC(=O)C1CCCOP1(=O)OC. The van der Waals surface area contributed by atoms with E-state index in [1.165, 1.54) is 14.2 Å². The summed E-state index contributed by atoms with van der Waals surface area (Å²) in [6.07, 6.45) is 1.20. The summed E-state index contributed by atoms with van der Waals surface area (Å²) in [5.74, 6) is -0.523. The van der Waals surface area contributed by atoms with E-state index in [4.69, 9.17) is 9.05 Å². The van der Waals surface area contributed by atoms with E-state index in [1.54, 1.807) is 0 Å². The molecule has 0 aromatic heterocycles. The molecule has 13 heavy (non-hydrogen) atoms. The minimum absolute atomic E-state index is 0.374. The number of rotatable bonds is 2. The minimum Gasteiger partial charge on any atom is -0.468 e. The van der Waals surface area contributed by atoms with Crippen molar-refractivity contribution in [2.75, 3.05) is 20.8 Å². The highest BCUT2D eigenvalue weighted by Crippen LogP contribution is 2.56. The van der Waals surface area contributed by atoms with Crippen LogP contribution in [0.3, 0.4) is 0 Å². The summed E-state index contributed by atoms with van der Waals surface area (Å²) in [7, 11) is -0.711. The first-order valence-electron chi connectivity index (χ1n) is 4.02. The molecule has 1 heterocycles. The fourth-order valence-electron chi connectivity index (χ4n) is 1.28. The predicted molar refractivity (Wildman–Crippen MR) is 45.6 cm³/mol. The molecule has 2 atom stereocenters. The number of hydrogen-bond donors (Lipinski definition) is 0. The lowest BCUT2D eigenvalue weighted by Crippen LogP contribution is -2.28. The van der Waals surface area contributed by atoms with Crippen molar-refractivity contribution in [1.29, 1.82) is 0 Å². The third kappa shape index (κ3) is 2.10. The van der Waals surface area contributed by atoms with E-state index in [2.05, 4.69) is 4.74 Å². The Kier molecular flexibility index (Phi) is 3.47. The quantitative estimate of drug-likeness (QED) is 0.503. The first-order chi connectivity index (χ1) is 6.14. The molecule has 1 aliphatic heterocycles. The Balaban J connectivity index is 2.79. The van der Waals surface area contributed by atoms with Crippen LogP contribution in [0.15, 0.2) is 0 Å². The number of ether oxygens (including phenoxy) is 1. The number of carbonyl (C=O) groups is 1. The third-order valence-electron chi connectivity index (χ3n) is 2.00. The molecular weight excluding hydrogens is 195 g/mol. The molecule has 6 heteroatoms. The zero-order chi connectivity index (χ0) is 9.90. The van der Waals surface area contributed by atoms with Crippen molar-refractivity contribution in [2.45, 2.75) is 18.5 Å². The largest absolute Gasteiger partial charge is 0.468 e. The maximum Gasteiger partial charge on any atom is 0.344 e. The van der Waals surface area contributed by atoms with Crippen molar-refractivity contribution < 1.29 is 23.1 Å². The monoisotopic (exact) mass is 208 g/mol. The van der Waals surface area contributed by atoms with Gasteiger partial charge in [0.1, 0.15) is 0 Å². The summed E-state index contributed by atoms with van der Waals surface area (Å²) >= 11 is 0. The van der Waals surface area contributed by atoms with Gasteiger partial charge in [-0.3, -0.25) is 9.36 Å². The molecule has 5 nitrogen and oxygen atoms in total. The van der Waals surface area contributed by atoms with Crippen LogP contribution in [0.2, 0.25) is 0 Å². The highest BCUT2D eigenvalue weighted by atomic mass is 31.2. The molecular formula is C7H13O5P. The first-order valence-corrected chi connectivity index (χ1v) is 5.63. The number of methoxy groups -OCH3 is 1. The van der Waals surface area contributed by atoms with Crippen molar-refractivity contribution >= 4 is 13.6 Å². The summed E-state index contributed by atoms with van der Waals surface area (Å²) in [6.45, 7) is 0.374. The molecule has 1 fully saturated rings. The summed E-state index contributed by atoms with van der Waals surface area (Å²) < 4.78 is 26.0. The fourth-order valence-corrected chi connectivity index (χ4v) is 3.07. The van der Waals surface area contributed by atoms with Gasteiger partial charge in [-0.05, 0) is 12.8 Å². The van der Waals surface area contributed by atoms with E-state index >= 15 is 0 Å². The highest BCUT2D eigenvalue weighted by molar-refractivity contribution is 7.55. The van der Waals surface area contributed by atoms with Gasteiger partial charge in [-0.1, -0.05) is 0 Å². The van der Waals surface area contributed by atoms with Gasteiger partial charge in [0.2, 0.25) is 0 Å². The second-order valence-corrected chi connectivity index (χ2v) is 5.06. The normalized spacial score (nSPS) is 34.2. The zero-order valence-corrected chi connectivity index (χ0v) is 8.58. The molecule has 2 unspecified atom stereocenters. The molecule has 0 N–H and O–H groups in total. The van der Waals surface area contributed by atoms with Crippen LogP contribution in [0.5, 0.6) is 0 Å². The van der Waals surface area contributed by atoms with Crippen molar-refractivity contribution in [3.63, 3.8) is 0 Å². The van der Waals surface area contributed by atoms with E-state index in [9.17, 15) is 9.36 Å². The number of carbonyl (C=O) groups excluding carboxylic acids is 1. The van der Waals surface area contributed by atoms with E-state index < -0.39 is 19.2 Å². The second-order valence-electron chi connectivity index (χ2n) is 2.74. The van der Waals surface area contributed by atoms with Gasteiger partial charge in [-0.25, -0.2) is 0 Å². The van der Waals surface area contributed by atoms with E-state index in [0.717, 1.165) is 0 Å². The topological polar surface area (TPSA) is 61.8 Å². The van der Waals surface area contributed by atoms with Crippen molar-refractivity contribution in [1.82, 2.24) is 0 Å². The van der Waals surface area contributed by atoms with E-state index in [0.29, 0.717) is 19.4 Å². The molecule has 0 aromatic rings. The molecule has 1 aliphatic rings. The Morgan fingerprint density at radius 1 is 1.54 bits per heavy atom. The molecule has 0 saturated carbocycles. The van der Waals surface area contributed by atoms with Gasteiger partial charge in [0, 0.05) is 7.11 Å². The van der Waals surface area contributed by atoms with Crippen molar-refractivity contribution in [3.05, 3.63) is 0 Å². The maximum atomic E-state index is 11.8. The molecule has 0 aromatic carbocycles. The molecule has 76 valence electrons. The smallest absolute Gasteiger partial charge is 0.344 e. The molecule has 0 radical (unpaired) electrons. The Bertz CT molecular complexity index is 239. The molecule has 1 rings (SSSR count). The van der Waals surface area contributed by atoms with Crippen LogP contribution >= 0.6 is 7.60 Å². The van der Waals surface area contributed by atoms with Gasteiger partial charge in [-0.15, -0.1) is 0 Å². The summed E-state index contributed by atoms with van der Waals surface area (Å²) in [4.78, 5) is 11.2. The summed E-state index contributed by atoms with van der Waals surface area (Å²) in [5.41, 5.74) is -0.753. The summed E-state index contributed by atoms with van der Waals surface area (Å²) in [5, 5.41) is 0. The first kappa shape index (κ1) is 10.7. The molecule has 0 spiro atoms. The molecule has 0 bridgehead atoms. The van der Waals surface area contributed by atoms with Gasteiger partial charge in [-0.2, -0.15) is 0 Å². The van der Waals surface area contributed by atoms with Crippen LogP contribution < -0.4 is 0 Å². The number of hydrogen-bond acceptors (Lipinski definition) is 5. The zero-order valence-electron chi connectivity index (χ0n) is 7.69. The van der Waals surface area contributed by atoms with E-state index in [-0.39, 0.29) is 0 Å². The van der Waals surface area contributed by atoms with Gasteiger partial charge in [0.15, 0.2) is 5.66 Å². The Morgan fingerprint density at radius 3 is 2.77 bits per heavy atom. The minimum atomic E-state index is -3.25. The average Bonchev–Trinajstić information content (AvgIpc) is 2.17. The lowest BCUT2D eigenvalue weighted by atomic mass is 10.2.